The first-order valence-corrected chi connectivity index (χ1v) is 8.24. The predicted octanol–water partition coefficient (Wildman–Crippen LogP) is 2.54. The van der Waals surface area contributed by atoms with Crippen LogP contribution in [0.5, 0.6) is 0 Å². The number of urea groups is 1. The molecule has 0 spiro atoms. The van der Waals surface area contributed by atoms with E-state index in [4.69, 9.17) is 0 Å². The number of hydrogen-bond donors (Lipinski definition) is 1. The quantitative estimate of drug-likeness (QED) is 0.670. The third-order valence-electron chi connectivity index (χ3n) is 4.57. The van der Waals surface area contributed by atoms with Crippen LogP contribution < -0.4 is 5.32 Å². The number of nitro benzene ring substituents is 1. The van der Waals surface area contributed by atoms with Crippen LogP contribution in [0.2, 0.25) is 0 Å². The van der Waals surface area contributed by atoms with E-state index in [-0.39, 0.29) is 23.5 Å². The number of aryl methyl sites for hydroxylation is 1. The first kappa shape index (κ1) is 18.7. The summed E-state index contributed by atoms with van der Waals surface area (Å²) in [4.78, 5) is 38.5. The summed E-state index contributed by atoms with van der Waals surface area (Å²) in [5.41, 5.74) is 1.62. The molecule has 1 aliphatic rings. The van der Waals surface area contributed by atoms with E-state index in [1.807, 2.05) is 0 Å². The highest BCUT2D eigenvalue weighted by Gasteiger charge is 2.30. The number of piperidine rings is 1. The summed E-state index contributed by atoms with van der Waals surface area (Å²) < 4.78 is 0. The van der Waals surface area contributed by atoms with Crippen molar-refractivity contribution < 1.29 is 14.5 Å². The second kappa shape index (κ2) is 7.50. The number of nitro groups is 1. The number of carbonyl (C=O) groups is 2. The fourth-order valence-corrected chi connectivity index (χ4v) is 3.14. The van der Waals surface area contributed by atoms with Gasteiger partial charge in [-0.15, -0.1) is 0 Å². The Bertz CT molecular complexity index is 702. The van der Waals surface area contributed by atoms with E-state index in [1.165, 1.54) is 6.07 Å². The van der Waals surface area contributed by atoms with Gasteiger partial charge in [0.1, 0.15) is 0 Å². The van der Waals surface area contributed by atoms with E-state index < -0.39 is 4.92 Å². The van der Waals surface area contributed by atoms with E-state index in [0.717, 1.165) is 18.4 Å². The summed E-state index contributed by atoms with van der Waals surface area (Å²) in [7, 11) is 3.41. The Balaban J connectivity index is 2.16. The van der Waals surface area contributed by atoms with E-state index in [9.17, 15) is 19.7 Å². The number of benzene rings is 1. The van der Waals surface area contributed by atoms with Crippen LogP contribution in [0, 0.1) is 29.9 Å². The van der Waals surface area contributed by atoms with Crippen LogP contribution in [-0.4, -0.2) is 53.8 Å². The van der Waals surface area contributed by atoms with Crippen molar-refractivity contribution in [3.05, 3.63) is 33.4 Å². The van der Waals surface area contributed by atoms with Crippen LogP contribution in [0.15, 0.2) is 12.1 Å². The molecule has 3 amide bonds. The summed E-state index contributed by atoms with van der Waals surface area (Å²) >= 11 is 0. The molecule has 0 unspecified atom stereocenters. The van der Waals surface area contributed by atoms with Crippen molar-refractivity contribution in [1.29, 1.82) is 0 Å². The minimum absolute atomic E-state index is 0.0141. The number of amides is 3. The second-order valence-corrected chi connectivity index (χ2v) is 6.61. The molecule has 0 radical (unpaired) electrons. The van der Waals surface area contributed by atoms with E-state index in [0.29, 0.717) is 24.3 Å². The number of hydrogen-bond acceptors (Lipinski definition) is 4. The molecule has 1 aliphatic heterocycles. The van der Waals surface area contributed by atoms with E-state index in [1.54, 1.807) is 43.8 Å². The maximum absolute atomic E-state index is 12.6. The molecule has 0 aliphatic carbocycles. The summed E-state index contributed by atoms with van der Waals surface area (Å²) in [6.07, 6.45) is 1.51. The molecular weight excluding hydrogens is 324 g/mol. The van der Waals surface area contributed by atoms with Crippen LogP contribution in [0.1, 0.15) is 24.0 Å². The summed E-state index contributed by atoms with van der Waals surface area (Å²) in [5.74, 6) is -0.193. The lowest BCUT2D eigenvalue weighted by Gasteiger charge is -2.33. The second-order valence-electron chi connectivity index (χ2n) is 6.61. The lowest BCUT2D eigenvalue weighted by atomic mass is 9.97. The first-order chi connectivity index (χ1) is 11.7. The van der Waals surface area contributed by atoms with Crippen molar-refractivity contribution >= 4 is 23.3 Å². The zero-order valence-corrected chi connectivity index (χ0v) is 15.0. The number of carbonyl (C=O) groups excluding carboxylic acids is 2. The van der Waals surface area contributed by atoms with Crippen LogP contribution in [0.25, 0.3) is 0 Å². The van der Waals surface area contributed by atoms with Crippen molar-refractivity contribution in [3.63, 3.8) is 0 Å². The lowest BCUT2D eigenvalue weighted by Crippen LogP contribution is -2.46. The van der Waals surface area contributed by atoms with Crippen LogP contribution in [-0.2, 0) is 4.79 Å². The Hall–Kier alpha value is -2.64. The Morgan fingerprint density at radius 3 is 2.60 bits per heavy atom. The van der Waals surface area contributed by atoms with Gasteiger partial charge in [-0.3, -0.25) is 14.9 Å². The summed E-state index contributed by atoms with van der Waals surface area (Å²) in [5, 5.41) is 13.9. The molecule has 8 heteroatoms. The molecule has 0 bridgehead atoms. The number of nitrogens with zero attached hydrogens (tertiary/aromatic N) is 3. The van der Waals surface area contributed by atoms with Crippen LogP contribution >= 0.6 is 0 Å². The summed E-state index contributed by atoms with van der Waals surface area (Å²) in [6, 6.07) is 2.73. The molecule has 1 atom stereocenters. The van der Waals surface area contributed by atoms with Crippen molar-refractivity contribution in [2.45, 2.75) is 26.7 Å². The third kappa shape index (κ3) is 4.07. The molecular formula is C17H24N4O4. The van der Waals surface area contributed by atoms with E-state index in [2.05, 4.69) is 5.32 Å². The van der Waals surface area contributed by atoms with Crippen LogP contribution in [0.4, 0.5) is 16.2 Å². The zero-order valence-electron chi connectivity index (χ0n) is 15.0. The van der Waals surface area contributed by atoms with Gasteiger partial charge in [0.05, 0.1) is 22.1 Å². The lowest BCUT2D eigenvalue weighted by molar-refractivity contribution is -0.385. The van der Waals surface area contributed by atoms with Crippen molar-refractivity contribution in [2.75, 3.05) is 32.5 Å². The fourth-order valence-electron chi connectivity index (χ4n) is 3.14. The average molecular weight is 348 g/mol. The molecule has 136 valence electrons. The Morgan fingerprint density at radius 2 is 2.00 bits per heavy atom. The Labute approximate surface area is 146 Å². The van der Waals surface area contributed by atoms with Gasteiger partial charge >= 0.3 is 6.03 Å². The van der Waals surface area contributed by atoms with Gasteiger partial charge in [-0.2, -0.15) is 0 Å². The largest absolute Gasteiger partial charge is 0.349 e. The number of rotatable bonds is 3. The smallest absolute Gasteiger partial charge is 0.321 e. The molecule has 2 rings (SSSR count). The van der Waals surface area contributed by atoms with Gasteiger partial charge in [-0.1, -0.05) is 6.07 Å². The SMILES string of the molecule is Cc1ccc([N+](=O)[O-])c(C)c1NC(=O)N1CCC[C@@H](C(=O)N(C)C)C1. The number of likely N-dealkylation sites (tertiary alicyclic amines) is 1. The third-order valence-corrected chi connectivity index (χ3v) is 4.57. The molecule has 1 aromatic rings. The fraction of sp³-hybridized carbons (Fsp3) is 0.529. The predicted molar refractivity (Wildman–Crippen MR) is 94.6 cm³/mol. The maximum atomic E-state index is 12.6. The zero-order chi connectivity index (χ0) is 18.7. The number of nitrogens with one attached hydrogen (secondary N) is 1. The minimum atomic E-state index is -0.461. The monoisotopic (exact) mass is 348 g/mol. The molecule has 0 aromatic heterocycles. The molecule has 25 heavy (non-hydrogen) atoms. The molecule has 8 nitrogen and oxygen atoms in total. The molecule has 1 aromatic carbocycles. The number of anilines is 1. The average Bonchev–Trinajstić information content (AvgIpc) is 2.57. The highest BCUT2D eigenvalue weighted by Crippen LogP contribution is 2.29. The standard InChI is InChI=1S/C17H24N4O4/c1-11-7-8-14(21(24)25)12(2)15(11)18-17(23)20-9-5-6-13(10-20)16(22)19(3)4/h7-8,13H,5-6,9-10H2,1-4H3,(H,18,23)/t13-/m1/s1. The van der Waals surface area contributed by atoms with Gasteiger partial charge in [-0.05, 0) is 32.3 Å². The highest BCUT2D eigenvalue weighted by atomic mass is 16.6. The van der Waals surface area contributed by atoms with Crippen molar-refractivity contribution in [3.8, 4) is 0 Å². The summed E-state index contributed by atoms with van der Waals surface area (Å²) in [6.45, 7) is 4.34. The maximum Gasteiger partial charge on any atom is 0.321 e. The molecule has 1 heterocycles. The Kier molecular flexibility index (Phi) is 5.61. The molecule has 0 saturated carbocycles. The molecule has 1 saturated heterocycles. The van der Waals surface area contributed by atoms with Gasteiger partial charge < -0.3 is 15.1 Å². The topological polar surface area (TPSA) is 95.8 Å². The van der Waals surface area contributed by atoms with Gasteiger partial charge in [-0.25, -0.2) is 4.79 Å². The highest BCUT2D eigenvalue weighted by molar-refractivity contribution is 5.92. The Morgan fingerprint density at radius 1 is 1.32 bits per heavy atom. The normalized spacial score (nSPS) is 17.1. The van der Waals surface area contributed by atoms with Gasteiger partial charge in [0.2, 0.25) is 5.91 Å². The first-order valence-electron chi connectivity index (χ1n) is 8.24. The van der Waals surface area contributed by atoms with Gasteiger partial charge in [0.25, 0.3) is 5.69 Å². The van der Waals surface area contributed by atoms with Crippen LogP contribution in [0.3, 0.4) is 0 Å². The van der Waals surface area contributed by atoms with E-state index >= 15 is 0 Å². The van der Waals surface area contributed by atoms with Gasteiger partial charge in [0, 0.05) is 33.3 Å². The molecule has 1 N–H and O–H groups in total. The minimum Gasteiger partial charge on any atom is -0.349 e. The molecule has 1 fully saturated rings. The van der Waals surface area contributed by atoms with Crippen molar-refractivity contribution in [1.82, 2.24) is 9.80 Å². The van der Waals surface area contributed by atoms with Crippen molar-refractivity contribution in [2.24, 2.45) is 5.92 Å². The van der Waals surface area contributed by atoms with Gasteiger partial charge in [0.15, 0.2) is 0 Å².